The summed E-state index contributed by atoms with van der Waals surface area (Å²) in [5.74, 6) is 0.445. The minimum absolute atomic E-state index is 0.0637. The fourth-order valence-corrected chi connectivity index (χ4v) is 3.86. The van der Waals surface area contributed by atoms with Gasteiger partial charge in [-0.1, -0.05) is 6.07 Å². The van der Waals surface area contributed by atoms with Gasteiger partial charge in [0, 0.05) is 30.5 Å². The molecule has 2 N–H and O–H groups in total. The Balaban J connectivity index is 1.35. The van der Waals surface area contributed by atoms with Gasteiger partial charge in [-0.25, -0.2) is 4.98 Å². The monoisotopic (exact) mass is 434 g/mol. The first-order valence-electron chi connectivity index (χ1n) is 10.4. The number of fused-ring (bicyclic) bond motifs is 1. The average molecular weight is 434 g/mol. The molecule has 1 amide bonds. The number of imidazole rings is 1. The molecule has 4 rings (SSSR count). The Morgan fingerprint density at radius 1 is 1.13 bits per heavy atom. The van der Waals surface area contributed by atoms with Crippen molar-refractivity contribution in [2.75, 3.05) is 5.32 Å². The lowest BCUT2D eigenvalue weighted by Crippen LogP contribution is -2.40. The Morgan fingerprint density at radius 2 is 1.84 bits per heavy atom. The van der Waals surface area contributed by atoms with Crippen LogP contribution in [0.3, 0.4) is 0 Å². The number of hydrogen-bond donors (Lipinski definition) is 2. The summed E-state index contributed by atoms with van der Waals surface area (Å²) < 4.78 is 42.2. The van der Waals surface area contributed by atoms with Crippen LogP contribution in [0.4, 0.5) is 19.0 Å². The van der Waals surface area contributed by atoms with Gasteiger partial charge in [0.05, 0.1) is 11.8 Å². The van der Waals surface area contributed by atoms with E-state index in [9.17, 15) is 18.0 Å². The minimum Gasteiger partial charge on any atom is -0.368 e. The summed E-state index contributed by atoms with van der Waals surface area (Å²) in [4.78, 5) is 16.1. The summed E-state index contributed by atoms with van der Waals surface area (Å²) in [6, 6.07) is 5.35. The van der Waals surface area contributed by atoms with E-state index in [0.717, 1.165) is 31.9 Å². The van der Waals surface area contributed by atoms with Crippen molar-refractivity contribution in [3.05, 3.63) is 48.0 Å². The number of carbonyl (C=O) groups excluding carboxylic acids is 1. The van der Waals surface area contributed by atoms with Crippen LogP contribution in [0, 0.1) is 0 Å². The van der Waals surface area contributed by atoms with Crippen LogP contribution in [0.2, 0.25) is 0 Å². The molecule has 10 heteroatoms. The molecule has 1 fully saturated rings. The van der Waals surface area contributed by atoms with Gasteiger partial charge in [-0.05, 0) is 51.7 Å². The summed E-state index contributed by atoms with van der Waals surface area (Å²) in [6.07, 6.45) is 3.02. The predicted octanol–water partition coefficient (Wildman–Crippen LogP) is 4.28. The molecule has 7 nitrogen and oxygen atoms in total. The van der Waals surface area contributed by atoms with Gasteiger partial charge >= 0.3 is 6.18 Å². The van der Waals surface area contributed by atoms with Crippen LogP contribution in [-0.4, -0.2) is 37.2 Å². The zero-order valence-electron chi connectivity index (χ0n) is 17.4. The molecule has 0 atom stereocenters. The van der Waals surface area contributed by atoms with Crippen LogP contribution in [0.15, 0.2) is 36.8 Å². The second-order valence-electron chi connectivity index (χ2n) is 8.23. The van der Waals surface area contributed by atoms with Crippen LogP contribution in [0.5, 0.6) is 0 Å². The molecule has 0 unspecified atom stereocenters. The molecule has 1 aliphatic rings. The number of carbonyl (C=O) groups is 1. The van der Waals surface area contributed by atoms with Gasteiger partial charge in [-0.2, -0.15) is 18.3 Å². The summed E-state index contributed by atoms with van der Waals surface area (Å²) in [5, 5.41) is 10.6. The fourth-order valence-electron chi connectivity index (χ4n) is 3.86. The van der Waals surface area contributed by atoms with Gasteiger partial charge < -0.3 is 10.6 Å². The third-order valence-electron chi connectivity index (χ3n) is 5.59. The number of rotatable bonds is 5. The molecule has 0 bridgehead atoms. The summed E-state index contributed by atoms with van der Waals surface area (Å²) in [6.45, 7) is 3.99. The Morgan fingerprint density at radius 3 is 2.48 bits per heavy atom. The number of halogens is 3. The van der Waals surface area contributed by atoms with E-state index in [-0.39, 0.29) is 29.7 Å². The van der Waals surface area contributed by atoms with Crippen molar-refractivity contribution in [2.45, 2.75) is 63.8 Å². The fraction of sp³-hybridized carbons (Fsp3) is 0.476. The average Bonchev–Trinajstić information content (AvgIpc) is 3.37. The van der Waals surface area contributed by atoms with Crippen molar-refractivity contribution >= 4 is 17.4 Å². The van der Waals surface area contributed by atoms with E-state index in [1.807, 2.05) is 13.8 Å². The lowest BCUT2D eigenvalue weighted by molar-refractivity contribution is -0.140. The molecule has 0 spiro atoms. The molecule has 0 aromatic carbocycles. The van der Waals surface area contributed by atoms with Crippen molar-refractivity contribution in [2.24, 2.45) is 0 Å². The lowest BCUT2D eigenvalue weighted by atomic mass is 9.91. The number of hydrogen-bond acceptors (Lipinski definition) is 4. The van der Waals surface area contributed by atoms with Crippen LogP contribution in [-0.2, 0) is 6.18 Å². The maximum Gasteiger partial charge on any atom is 0.434 e. The topological polar surface area (TPSA) is 76.2 Å². The summed E-state index contributed by atoms with van der Waals surface area (Å²) in [5.41, 5.74) is -0.115. The predicted molar refractivity (Wildman–Crippen MR) is 110 cm³/mol. The van der Waals surface area contributed by atoms with Gasteiger partial charge in [-0.15, -0.1) is 0 Å². The molecule has 1 aliphatic carbocycles. The van der Waals surface area contributed by atoms with Gasteiger partial charge in [-0.3, -0.25) is 13.9 Å². The standard InChI is InChI=1S/C21H25F3N6O/c1-13(2)30-11-14(10-25-30)20(31)27-16-8-6-15(7-9-16)26-18-4-3-5-19-28-17(12-29(18)19)21(22,23)24/h3-5,10-13,15-16,26H,6-9H2,1-2H3,(H,27,31)/t15-,16+. The molecular formula is C21H25F3N6O. The number of nitrogens with one attached hydrogen (secondary N) is 2. The highest BCUT2D eigenvalue weighted by Crippen LogP contribution is 2.30. The molecule has 0 radical (unpaired) electrons. The van der Waals surface area contributed by atoms with Crippen molar-refractivity contribution in [1.82, 2.24) is 24.5 Å². The third kappa shape index (κ3) is 4.67. The molecule has 3 heterocycles. The number of alkyl halides is 3. The summed E-state index contributed by atoms with van der Waals surface area (Å²) in [7, 11) is 0. The number of aromatic nitrogens is 4. The van der Waals surface area contributed by atoms with Crippen molar-refractivity contribution in [3.63, 3.8) is 0 Å². The largest absolute Gasteiger partial charge is 0.434 e. The Kier molecular flexibility index (Phi) is 5.63. The molecule has 3 aromatic rings. The third-order valence-corrected chi connectivity index (χ3v) is 5.59. The Bertz CT molecular complexity index is 1060. The van der Waals surface area contributed by atoms with Gasteiger partial charge in [0.25, 0.3) is 5.91 Å². The van der Waals surface area contributed by atoms with Crippen molar-refractivity contribution < 1.29 is 18.0 Å². The highest BCUT2D eigenvalue weighted by atomic mass is 19.4. The molecule has 0 saturated heterocycles. The summed E-state index contributed by atoms with van der Waals surface area (Å²) >= 11 is 0. The van der Waals surface area contributed by atoms with E-state index in [1.165, 1.54) is 4.40 Å². The first kappa shape index (κ1) is 21.2. The van der Waals surface area contributed by atoms with E-state index < -0.39 is 11.9 Å². The maximum absolute atomic E-state index is 13.0. The van der Waals surface area contributed by atoms with Crippen molar-refractivity contribution in [1.29, 1.82) is 0 Å². The highest BCUT2D eigenvalue weighted by molar-refractivity contribution is 5.93. The first-order chi connectivity index (χ1) is 14.7. The first-order valence-corrected chi connectivity index (χ1v) is 10.4. The van der Waals surface area contributed by atoms with Gasteiger partial charge in [0.15, 0.2) is 5.69 Å². The number of anilines is 1. The normalized spacial score (nSPS) is 19.7. The van der Waals surface area contributed by atoms with E-state index in [2.05, 4.69) is 20.7 Å². The Labute approximate surface area is 177 Å². The molecule has 0 aliphatic heterocycles. The van der Waals surface area contributed by atoms with Crippen molar-refractivity contribution in [3.8, 4) is 0 Å². The zero-order chi connectivity index (χ0) is 22.2. The SMILES string of the molecule is CC(C)n1cc(C(=O)N[C@H]2CC[C@@H](Nc3cccc4nc(C(F)(F)F)cn34)CC2)cn1. The molecule has 1 saturated carbocycles. The van der Waals surface area contributed by atoms with E-state index in [4.69, 9.17) is 0 Å². The zero-order valence-corrected chi connectivity index (χ0v) is 17.4. The minimum atomic E-state index is -4.48. The molecule has 31 heavy (non-hydrogen) atoms. The number of pyridine rings is 1. The number of amides is 1. The van der Waals surface area contributed by atoms with E-state index in [1.54, 1.807) is 35.3 Å². The second kappa shape index (κ2) is 8.24. The Hall–Kier alpha value is -3.04. The molecule has 3 aromatic heterocycles. The quantitative estimate of drug-likeness (QED) is 0.628. The second-order valence-corrected chi connectivity index (χ2v) is 8.23. The molecule has 166 valence electrons. The molecular weight excluding hydrogens is 409 g/mol. The van der Waals surface area contributed by atoms with E-state index in [0.29, 0.717) is 11.4 Å². The van der Waals surface area contributed by atoms with Crippen LogP contribution >= 0.6 is 0 Å². The van der Waals surface area contributed by atoms with E-state index >= 15 is 0 Å². The highest BCUT2D eigenvalue weighted by Gasteiger charge is 2.34. The van der Waals surface area contributed by atoms with Crippen LogP contribution in [0.1, 0.15) is 61.6 Å². The lowest BCUT2D eigenvalue weighted by Gasteiger charge is -2.30. The van der Waals surface area contributed by atoms with Crippen LogP contribution in [0.25, 0.3) is 5.65 Å². The number of nitrogens with zero attached hydrogens (tertiary/aromatic N) is 4. The maximum atomic E-state index is 13.0. The smallest absolute Gasteiger partial charge is 0.368 e. The van der Waals surface area contributed by atoms with Gasteiger partial charge in [0.1, 0.15) is 11.5 Å². The van der Waals surface area contributed by atoms with Gasteiger partial charge in [0.2, 0.25) is 0 Å². The van der Waals surface area contributed by atoms with Crippen LogP contribution < -0.4 is 10.6 Å².